The fraction of sp³-hybridized carbons (Fsp3) is 0.583. The highest BCUT2D eigenvalue weighted by Gasteiger charge is 2.36. The number of aliphatic hydroxyl groups excluding tert-OH is 1. The maximum absolute atomic E-state index is 13.1. The Morgan fingerprint density at radius 2 is 2.00 bits per heavy atom. The minimum atomic E-state index is -4.74. The Bertz CT molecular complexity index is 603. The number of aliphatic hydroxyl groups is 1. The predicted octanol–water partition coefficient (Wildman–Crippen LogP) is 1.44. The molecule has 1 rings (SSSR count). The zero-order chi connectivity index (χ0) is 17.0. The van der Waals surface area contributed by atoms with Gasteiger partial charge >= 0.3 is 6.18 Å². The number of aromatic nitrogens is 1. The average molecular weight is 341 g/mol. The molecule has 126 valence electrons. The number of nitrogens with one attached hydrogen (secondary N) is 2. The second-order valence-electron chi connectivity index (χ2n) is 4.96. The van der Waals surface area contributed by atoms with Gasteiger partial charge in [0, 0.05) is 19.3 Å². The van der Waals surface area contributed by atoms with Crippen molar-refractivity contribution < 1.29 is 26.7 Å². The van der Waals surface area contributed by atoms with Gasteiger partial charge in [-0.05, 0) is 12.0 Å². The third kappa shape index (κ3) is 5.11. The van der Waals surface area contributed by atoms with Crippen LogP contribution in [0, 0.1) is 5.92 Å². The maximum Gasteiger partial charge on any atom is 0.419 e. The summed E-state index contributed by atoms with van der Waals surface area (Å²) in [4.78, 5) is 2.97. The molecule has 0 saturated heterocycles. The zero-order valence-electron chi connectivity index (χ0n) is 12.1. The lowest BCUT2D eigenvalue weighted by atomic mass is 10.2. The van der Waals surface area contributed by atoms with Gasteiger partial charge < -0.3 is 10.4 Å². The Morgan fingerprint density at radius 1 is 1.36 bits per heavy atom. The molecule has 0 atom stereocenters. The summed E-state index contributed by atoms with van der Waals surface area (Å²) < 4.78 is 64.7. The van der Waals surface area contributed by atoms with Crippen molar-refractivity contribution >= 4 is 15.8 Å². The van der Waals surface area contributed by atoms with Gasteiger partial charge in [0.2, 0.25) is 10.0 Å². The van der Waals surface area contributed by atoms with Gasteiger partial charge in [-0.15, -0.1) is 0 Å². The lowest BCUT2D eigenvalue weighted by molar-refractivity contribution is -0.137. The number of nitrogens with zero attached hydrogens (tertiary/aromatic N) is 1. The normalized spacial score (nSPS) is 12.7. The Kier molecular flexibility index (Phi) is 6.15. The van der Waals surface area contributed by atoms with E-state index in [1.165, 1.54) is 0 Å². The van der Waals surface area contributed by atoms with Gasteiger partial charge in [0.25, 0.3) is 0 Å². The molecule has 1 heterocycles. The summed E-state index contributed by atoms with van der Waals surface area (Å²) in [6.45, 7) is 3.14. The van der Waals surface area contributed by atoms with Crippen molar-refractivity contribution in [2.45, 2.75) is 24.9 Å². The smallest absolute Gasteiger partial charge is 0.395 e. The number of alkyl halides is 3. The molecule has 0 saturated carbocycles. The second kappa shape index (κ2) is 7.25. The molecule has 22 heavy (non-hydrogen) atoms. The lowest BCUT2D eigenvalue weighted by Crippen LogP contribution is -2.27. The van der Waals surface area contributed by atoms with E-state index in [1.807, 2.05) is 18.6 Å². The second-order valence-corrected chi connectivity index (χ2v) is 6.73. The van der Waals surface area contributed by atoms with E-state index in [-0.39, 0.29) is 19.0 Å². The van der Waals surface area contributed by atoms with Crippen LogP contribution in [0.25, 0.3) is 0 Å². The molecule has 0 unspecified atom stereocenters. The summed E-state index contributed by atoms with van der Waals surface area (Å²) in [6.07, 6.45) is -3.90. The van der Waals surface area contributed by atoms with Gasteiger partial charge in [0.05, 0.1) is 12.2 Å². The van der Waals surface area contributed by atoms with Gasteiger partial charge in [-0.3, -0.25) is 0 Å². The number of rotatable bonds is 7. The van der Waals surface area contributed by atoms with Gasteiger partial charge in [0.1, 0.15) is 10.7 Å². The van der Waals surface area contributed by atoms with Crippen LogP contribution in [-0.4, -0.2) is 38.2 Å². The molecular weight excluding hydrogens is 323 g/mol. The van der Waals surface area contributed by atoms with E-state index in [1.54, 1.807) is 0 Å². The molecule has 0 aromatic carbocycles. The minimum absolute atomic E-state index is 0.0949. The molecule has 6 nitrogen and oxygen atoms in total. The number of hydrogen-bond acceptors (Lipinski definition) is 5. The minimum Gasteiger partial charge on any atom is -0.395 e. The van der Waals surface area contributed by atoms with Crippen molar-refractivity contribution in [1.82, 2.24) is 9.71 Å². The molecule has 0 aliphatic heterocycles. The highest BCUT2D eigenvalue weighted by atomic mass is 32.2. The first-order valence-electron chi connectivity index (χ1n) is 6.49. The van der Waals surface area contributed by atoms with Crippen molar-refractivity contribution in [2.75, 3.05) is 25.0 Å². The highest BCUT2D eigenvalue weighted by molar-refractivity contribution is 7.89. The van der Waals surface area contributed by atoms with E-state index in [0.29, 0.717) is 6.07 Å². The van der Waals surface area contributed by atoms with Crippen LogP contribution in [0.5, 0.6) is 0 Å². The Hall–Kier alpha value is -1.39. The Balaban J connectivity index is 3.20. The summed E-state index contributed by atoms with van der Waals surface area (Å²) >= 11 is 0. The number of pyridine rings is 1. The quantitative estimate of drug-likeness (QED) is 0.698. The van der Waals surface area contributed by atoms with Crippen molar-refractivity contribution in [2.24, 2.45) is 5.92 Å². The molecule has 1 aromatic rings. The van der Waals surface area contributed by atoms with Gasteiger partial charge in [-0.25, -0.2) is 18.1 Å². The number of anilines is 1. The first-order valence-corrected chi connectivity index (χ1v) is 7.98. The van der Waals surface area contributed by atoms with Gasteiger partial charge in [-0.2, -0.15) is 13.2 Å². The highest BCUT2D eigenvalue weighted by Crippen LogP contribution is 2.35. The van der Waals surface area contributed by atoms with E-state index in [0.717, 1.165) is 6.20 Å². The van der Waals surface area contributed by atoms with Crippen LogP contribution in [0.3, 0.4) is 0 Å². The molecule has 10 heteroatoms. The van der Waals surface area contributed by atoms with Crippen LogP contribution in [0.15, 0.2) is 17.2 Å². The lowest BCUT2D eigenvalue weighted by Gasteiger charge is -2.16. The third-order valence-corrected chi connectivity index (χ3v) is 3.99. The molecule has 0 fully saturated rings. The van der Waals surface area contributed by atoms with Crippen LogP contribution in [-0.2, 0) is 16.2 Å². The SMILES string of the molecule is CC(C)CNc1ncc(S(=O)(=O)NCCO)cc1C(F)(F)F. The molecule has 0 aliphatic carbocycles. The van der Waals surface area contributed by atoms with E-state index in [9.17, 15) is 21.6 Å². The molecule has 0 spiro atoms. The fourth-order valence-corrected chi connectivity index (χ4v) is 2.50. The van der Waals surface area contributed by atoms with Crippen molar-refractivity contribution in [3.8, 4) is 0 Å². The Morgan fingerprint density at radius 3 is 2.50 bits per heavy atom. The number of hydrogen-bond donors (Lipinski definition) is 3. The summed E-state index contributed by atoms with van der Waals surface area (Å²) in [5, 5.41) is 11.1. The molecule has 1 aromatic heterocycles. The molecule has 3 N–H and O–H groups in total. The first-order chi connectivity index (χ1) is 10.1. The van der Waals surface area contributed by atoms with Crippen LogP contribution in [0.2, 0.25) is 0 Å². The zero-order valence-corrected chi connectivity index (χ0v) is 12.9. The number of sulfonamides is 1. The van der Waals surface area contributed by atoms with E-state index < -0.39 is 39.1 Å². The Labute approximate surface area is 126 Å². The monoisotopic (exact) mass is 341 g/mol. The summed E-state index contributed by atoms with van der Waals surface area (Å²) in [6, 6.07) is 0.523. The van der Waals surface area contributed by atoms with Crippen LogP contribution >= 0.6 is 0 Å². The van der Waals surface area contributed by atoms with Crippen molar-refractivity contribution in [1.29, 1.82) is 0 Å². The van der Waals surface area contributed by atoms with Crippen LogP contribution < -0.4 is 10.0 Å². The van der Waals surface area contributed by atoms with E-state index >= 15 is 0 Å². The molecule has 0 amide bonds. The van der Waals surface area contributed by atoms with Gasteiger partial charge in [-0.1, -0.05) is 13.8 Å². The van der Waals surface area contributed by atoms with Crippen LogP contribution in [0.1, 0.15) is 19.4 Å². The molecule has 0 bridgehead atoms. The molecular formula is C12H18F3N3O3S. The number of halogens is 3. The third-order valence-electron chi connectivity index (χ3n) is 2.56. The first kappa shape index (κ1) is 18.7. The standard InChI is InChI=1S/C12H18F3N3O3S/c1-8(2)6-16-11-10(12(13,14)15)5-9(7-17-11)22(20,21)18-3-4-19/h5,7-8,18-19H,3-4,6H2,1-2H3,(H,16,17). The summed E-state index contributed by atoms with van der Waals surface area (Å²) in [5.74, 6) is -0.320. The van der Waals surface area contributed by atoms with E-state index in [2.05, 4.69) is 10.3 Å². The topological polar surface area (TPSA) is 91.3 Å². The van der Waals surface area contributed by atoms with Crippen molar-refractivity contribution in [3.63, 3.8) is 0 Å². The summed E-state index contributed by atoms with van der Waals surface area (Å²) in [5.41, 5.74) is -1.15. The maximum atomic E-state index is 13.1. The predicted molar refractivity (Wildman–Crippen MR) is 74.8 cm³/mol. The molecule has 0 radical (unpaired) electrons. The molecule has 0 aliphatic rings. The largest absolute Gasteiger partial charge is 0.419 e. The van der Waals surface area contributed by atoms with Crippen LogP contribution in [0.4, 0.5) is 19.0 Å². The van der Waals surface area contributed by atoms with E-state index in [4.69, 9.17) is 5.11 Å². The average Bonchev–Trinajstić information content (AvgIpc) is 2.41. The fourth-order valence-electron chi connectivity index (χ4n) is 1.51. The van der Waals surface area contributed by atoms with Gasteiger partial charge in [0.15, 0.2) is 0 Å². The summed E-state index contributed by atoms with van der Waals surface area (Å²) in [7, 11) is -4.15. The van der Waals surface area contributed by atoms with Crippen molar-refractivity contribution in [3.05, 3.63) is 17.8 Å².